The lowest BCUT2D eigenvalue weighted by molar-refractivity contribution is 0.664. The highest BCUT2D eigenvalue weighted by Gasteiger charge is 2.53. The first-order valence-electron chi connectivity index (χ1n) is 24.8. The van der Waals surface area contributed by atoms with E-state index in [1.165, 1.54) is 87.7 Å². The van der Waals surface area contributed by atoms with Gasteiger partial charge in [-0.05, 0) is 139 Å². The van der Waals surface area contributed by atoms with Crippen LogP contribution in [0.15, 0.2) is 255 Å². The van der Waals surface area contributed by atoms with Crippen LogP contribution in [0.2, 0.25) is 0 Å². The Kier molecular flexibility index (Phi) is 7.54. The Labute approximate surface area is 419 Å². The summed E-state index contributed by atoms with van der Waals surface area (Å²) in [6.07, 6.45) is 0. The molecule has 334 valence electrons. The van der Waals surface area contributed by atoms with Crippen LogP contribution >= 0.6 is 11.8 Å². The van der Waals surface area contributed by atoms with Gasteiger partial charge in [-0.2, -0.15) is 0 Å². The molecule has 11 aromatic carbocycles. The SMILES string of the molecule is c1ccc2c(c1)Sc1ccccc1C21c2ccccc2-c2cc3c(cc21)oc1cccc(N(c2ccc4c(c2)C2(c5ccccc5-c5ccccc52)c2ccccc2-4)c2cccc4c2oc2ccccc24)c13. The standard InChI is InChI=1S/C68H39NO2S/c1-6-23-50-41(17-1)42-18-2-7-24-51(42)67(50)52-25-8-3-19-43(52)45-36-35-40(37-56(45)67)69(59-30-15-22-47-46-21-5-12-31-60(46)71-66(47)59)58-29-16-32-61-65(58)49-38-48-44-20-4-9-26-53(44)68(57(48)39-62(49)70-61)54-27-10-13-33-63(54)72-64-34-14-11-28-55(64)68/h1-39H. The van der Waals surface area contributed by atoms with Crippen molar-refractivity contribution in [2.45, 2.75) is 20.6 Å². The maximum absolute atomic E-state index is 7.20. The molecule has 2 aromatic heterocycles. The summed E-state index contributed by atoms with van der Waals surface area (Å²) in [7, 11) is 0. The van der Waals surface area contributed by atoms with Gasteiger partial charge < -0.3 is 13.7 Å². The number of hydrogen-bond acceptors (Lipinski definition) is 4. The van der Waals surface area contributed by atoms with E-state index in [1.54, 1.807) is 0 Å². The largest absolute Gasteiger partial charge is 0.456 e. The quantitative estimate of drug-likeness (QED) is 0.177. The molecule has 0 bridgehead atoms. The number of rotatable bonds is 3. The van der Waals surface area contributed by atoms with E-state index in [-0.39, 0.29) is 0 Å². The smallest absolute Gasteiger partial charge is 0.159 e. The summed E-state index contributed by atoms with van der Waals surface area (Å²) in [5, 5.41) is 4.29. The normalized spacial score (nSPS) is 14.6. The zero-order valence-corrected chi connectivity index (χ0v) is 39.5. The zero-order chi connectivity index (χ0) is 46.9. The van der Waals surface area contributed by atoms with E-state index in [4.69, 9.17) is 8.83 Å². The molecule has 0 fully saturated rings. The van der Waals surface area contributed by atoms with Gasteiger partial charge in [0.1, 0.15) is 16.7 Å². The first-order valence-corrected chi connectivity index (χ1v) is 25.6. The topological polar surface area (TPSA) is 29.5 Å². The van der Waals surface area contributed by atoms with E-state index in [0.29, 0.717) is 0 Å². The number of nitrogens with zero attached hydrogens (tertiary/aromatic N) is 1. The number of furan rings is 2. The van der Waals surface area contributed by atoms with Crippen LogP contribution in [0.1, 0.15) is 44.5 Å². The van der Waals surface area contributed by atoms with Crippen molar-refractivity contribution in [1.82, 2.24) is 0 Å². The molecule has 0 unspecified atom stereocenters. The molecule has 2 spiro atoms. The third kappa shape index (κ3) is 4.70. The summed E-state index contributed by atoms with van der Waals surface area (Å²) in [4.78, 5) is 5.01. The van der Waals surface area contributed by atoms with Crippen molar-refractivity contribution in [3.05, 3.63) is 281 Å². The van der Waals surface area contributed by atoms with E-state index in [2.05, 4.69) is 241 Å². The minimum Gasteiger partial charge on any atom is -0.456 e. The van der Waals surface area contributed by atoms with Crippen molar-refractivity contribution in [3.63, 3.8) is 0 Å². The Hall–Kier alpha value is -8.83. The summed E-state index contributed by atoms with van der Waals surface area (Å²) in [6.45, 7) is 0. The second kappa shape index (κ2) is 13.9. The van der Waals surface area contributed by atoms with Crippen LogP contribution in [-0.2, 0) is 10.8 Å². The fourth-order valence-electron chi connectivity index (χ4n) is 13.9. The summed E-state index contributed by atoms with van der Waals surface area (Å²) in [5.74, 6) is 0. The second-order valence-corrected chi connectivity index (χ2v) is 20.8. The van der Waals surface area contributed by atoms with E-state index < -0.39 is 10.8 Å². The van der Waals surface area contributed by atoms with Gasteiger partial charge in [-0.1, -0.05) is 188 Å². The van der Waals surface area contributed by atoms with Gasteiger partial charge in [0.2, 0.25) is 0 Å². The molecule has 3 aliphatic carbocycles. The van der Waals surface area contributed by atoms with Crippen molar-refractivity contribution in [2.75, 3.05) is 4.90 Å². The fraction of sp³-hybridized carbons (Fsp3) is 0.0294. The van der Waals surface area contributed by atoms with Crippen molar-refractivity contribution >= 4 is 72.7 Å². The van der Waals surface area contributed by atoms with Gasteiger partial charge in [0, 0.05) is 31.6 Å². The van der Waals surface area contributed by atoms with E-state index in [1.807, 2.05) is 11.8 Å². The molecular weight excluding hydrogens is 895 g/mol. The predicted octanol–water partition coefficient (Wildman–Crippen LogP) is 18.1. The highest BCUT2D eigenvalue weighted by Crippen LogP contribution is 2.65. The molecule has 13 aromatic rings. The fourth-order valence-corrected chi connectivity index (χ4v) is 15.1. The summed E-state index contributed by atoms with van der Waals surface area (Å²) in [5.41, 5.74) is 23.4. The van der Waals surface area contributed by atoms with Crippen LogP contribution in [0, 0.1) is 0 Å². The lowest BCUT2D eigenvalue weighted by Gasteiger charge is -2.39. The van der Waals surface area contributed by atoms with Gasteiger partial charge in [-0.15, -0.1) is 0 Å². The lowest BCUT2D eigenvalue weighted by atomic mass is 9.67. The molecule has 0 amide bonds. The molecule has 72 heavy (non-hydrogen) atoms. The van der Waals surface area contributed by atoms with Crippen LogP contribution in [0.4, 0.5) is 17.1 Å². The highest BCUT2D eigenvalue weighted by atomic mass is 32.2. The van der Waals surface area contributed by atoms with Gasteiger partial charge in [0.15, 0.2) is 5.58 Å². The number of hydrogen-bond donors (Lipinski definition) is 0. The average molecular weight is 934 g/mol. The van der Waals surface area contributed by atoms with E-state index in [9.17, 15) is 0 Å². The van der Waals surface area contributed by atoms with Gasteiger partial charge in [-0.3, -0.25) is 0 Å². The van der Waals surface area contributed by atoms with Crippen molar-refractivity contribution in [3.8, 4) is 33.4 Å². The number of fused-ring (bicyclic) bond motifs is 25. The maximum atomic E-state index is 7.20. The van der Waals surface area contributed by atoms with Crippen molar-refractivity contribution < 1.29 is 8.83 Å². The predicted molar refractivity (Wildman–Crippen MR) is 293 cm³/mol. The molecule has 4 aliphatic rings. The molecule has 1 aliphatic heterocycles. The molecule has 0 saturated carbocycles. The van der Waals surface area contributed by atoms with Crippen LogP contribution < -0.4 is 4.90 Å². The van der Waals surface area contributed by atoms with Crippen LogP contribution in [-0.4, -0.2) is 0 Å². The molecule has 3 heterocycles. The minimum absolute atomic E-state index is 0.515. The molecule has 0 atom stereocenters. The molecular formula is C68H39NO2S. The average Bonchev–Trinajstić information content (AvgIpc) is 4.23. The van der Waals surface area contributed by atoms with Gasteiger partial charge >= 0.3 is 0 Å². The molecule has 3 nitrogen and oxygen atoms in total. The minimum atomic E-state index is -0.515. The van der Waals surface area contributed by atoms with Crippen LogP contribution in [0.5, 0.6) is 0 Å². The Morgan fingerprint density at radius 2 is 0.792 bits per heavy atom. The Morgan fingerprint density at radius 3 is 1.46 bits per heavy atom. The molecule has 0 saturated heterocycles. The second-order valence-electron chi connectivity index (χ2n) is 19.7. The monoisotopic (exact) mass is 933 g/mol. The Morgan fingerprint density at radius 1 is 0.306 bits per heavy atom. The van der Waals surface area contributed by atoms with Crippen molar-refractivity contribution in [1.29, 1.82) is 0 Å². The first kappa shape index (κ1) is 39.0. The summed E-state index contributed by atoms with van der Waals surface area (Å²) < 4.78 is 14.2. The van der Waals surface area contributed by atoms with Gasteiger partial charge in [0.25, 0.3) is 0 Å². The lowest BCUT2D eigenvalue weighted by Crippen LogP contribution is -2.31. The van der Waals surface area contributed by atoms with Gasteiger partial charge in [-0.25, -0.2) is 0 Å². The summed E-state index contributed by atoms with van der Waals surface area (Å²) >= 11 is 1.87. The zero-order valence-electron chi connectivity index (χ0n) is 38.7. The number of benzene rings is 11. The Bertz CT molecular complexity index is 4420. The summed E-state index contributed by atoms with van der Waals surface area (Å²) in [6, 6.07) is 87.6. The van der Waals surface area contributed by atoms with Gasteiger partial charge in [0.05, 0.1) is 27.6 Å². The van der Waals surface area contributed by atoms with Crippen LogP contribution in [0.25, 0.3) is 77.3 Å². The van der Waals surface area contributed by atoms with Crippen molar-refractivity contribution in [2.24, 2.45) is 0 Å². The molecule has 4 heteroatoms. The molecule has 17 rings (SSSR count). The highest BCUT2D eigenvalue weighted by molar-refractivity contribution is 7.99. The number of para-hydroxylation sites is 2. The Balaban J connectivity index is 0.964. The third-order valence-electron chi connectivity index (χ3n) is 16.5. The van der Waals surface area contributed by atoms with E-state index in [0.717, 1.165) is 60.9 Å². The maximum Gasteiger partial charge on any atom is 0.159 e. The van der Waals surface area contributed by atoms with E-state index >= 15 is 0 Å². The third-order valence-corrected chi connectivity index (χ3v) is 17.7. The van der Waals surface area contributed by atoms with Crippen LogP contribution in [0.3, 0.4) is 0 Å². The molecule has 0 N–H and O–H groups in total. The first-order chi connectivity index (χ1) is 35.7. The molecule has 0 radical (unpaired) electrons. The number of anilines is 3.